The molecule has 0 aromatic carbocycles. The SMILES string of the molecule is COC(=O)c1cnc([C@H]2CCCNC2)s1. The van der Waals surface area contributed by atoms with Gasteiger partial charge in [0.2, 0.25) is 0 Å². The van der Waals surface area contributed by atoms with Crippen LogP contribution < -0.4 is 5.32 Å². The van der Waals surface area contributed by atoms with E-state index in [4.69, 9.17) is 0 Å². The normalized spacial score (nSPS) is 21.3. The van der Waals surface area contributed by atoms with E-state index in [1.165, 1.54) is 24.9 Å². The molecule has 0 spiro atoms. The lowest BCUT2D eigenvalue weighted by Gasteiger charge is -2.20. The van der Waals surface area contributed by atoms with Crippen molar-refractivity contribution >= 4 is 17.3 Å². The highest BCUT2D eigenvalue weighted by atomic mass is 32.1. The predicted octanol–water partition coefficient (Wildman–Crippen LogP) is 1.40. The first kappa shape index (κ1) is 10.6. The Kier molecular flexibility index (Phi) is 3.33. The van der Waals surface area contributed by atoms with Gasteiger partial charge in [-0.25, -0.2) is 9.78 Å². The third-order valence-electron chi connectivity index (χ3n) is 2.56. The molecule has 0 bridgehead atoms. The van der Waals surface area contributed by atoms with E-state index in [9.17, 15) is 4.79 Å². The maximum absolute atomic E-state index is 11.2. The maximum atomic E-state index is 11.2. The average molecular weight is 226 g/mol. The number of thiazole rings is 1. The molecule has 0 amide bonds. The summed E-state index contributed by atoms with van der Waals surface area (Å²) in [5.74, 6) is 0.171. The van der Waals surface area contributed by atoms with E-state index in [0.717, 1.165) is 24.5 Å². The molecule has 2 rings (SSSR count). The van der Waals surface area contributed by atoms with E-state index in [2.05, 4.69) is 15.0 Å². The standard InChI is InChI=1S/C10H14N2O2S/c1-14-10(13)8-6-12-9(15-8)7-3-2-4-11-5-7/h6-7,11H,2-5H2,1H3/t7-/m0/s1. The molecular formula is C10H14N2O2S. The van der Waals surface area contributed by atoms with Crippen LogP contribution in [-0.2, 0) is 4.74 Å². The molecule has 1 aromatic rings. The molecule has 0 aliphatic carbocycles. The molecule has 1 N–H and O–H groups in total. The first-order chi connectivity index (χ1) is 7.31. The minimum atomic E-state index is -0.289. The molecule has 1 atom stereocenters. The highest BCUT2D eigenvalue weighted by molar-refractivity contribution is 7.13. The van der Waals surface area contributed by atoms with Crippen LogP contribution in [0, 0.1) is 0 Å². The van der Waals surface area contributed by atoms with Gasteiger partial charge in [0.25, 0.3) is 0 Å². The Labute approximate surface area is 92.7 Å². The number of hydrogen-bond acceptors (Lipinski definition) is 5. The highest BCUT2D eigenvalue weighted by Crippen LogP contribution is 2.27. The Morgan fingerprint density at radius 2 is 2.60 bits per heavy atom. The van der Waals surface area contributed by atoms with Crippen LogP contribution in [0.25, 0.3) is 0 Å². The Hall–Kier alpha value is -0.940. The summed E-state index contributed by atoms with van der Waals surface area (Å²) in [5.41, 5.74) is 0. The molecule has 5 heteroatoms. The van der Waals surface area contributed by atoms with E-state index < -0.39 is 0 Å². The van der Waals surface area contributed by atoms with Crippen LogP contribution in [-0.4, -0.2) is 31.2 Å². The number of nitrogens with zero attached hydrogens (tertiary/aromatic N) is 1. The monoisotopic (exact) mass is 226 g/mol. The molecular weight excluding hydrogens is 212 g/mol. The second kappa shape index (κ2) is 4.72. The van der Waals surface area contributed by atoms with Crippen molar-refractivity contribution in [3.63, 3.8) is 0 Å². The zero-order chi connectivity index (χ0) is 10.7. The maximum Gasteiger partial charge on any atom is 0.349 e. The van der Waals surface area contributed by atoms with Crippen LogP contribution in [0.4, 0.5) is 0 Å². The summed E-state index contributed by atoms with van der Waals surface area (Å²) in [7, 11) is 1.39. The molecule has 1 aliphatic rings. The molecule has 0 radical (unpaired) electrons. The second-order valence-corrected chi connectivity index (χ2v) is 4.66. The summed E-state index contributed by atoms with van der Waals surface area (Å²) in [6, 6.07) is 0. The van der Waals surface area contributed by atoms with E-state index >= 15 is 0 Å². The fourth-order valence-electron chi connectivity index (χ4n) is 1.73. The Bertz CT molecular complexity index is 345. The molecule has 82 valence electrons. The van der Waals surface area contributed by atoms with E-state index in [1.807, 2.05) is 0 Å². The molecule has 1 fully saturated rings. The number of piperidine rings is 1. The number of methoxy groups -OCH3 is 1. The van der Waals surface area contributed by atoms with Gasteiger partial charge in [-0.2, -0.15) is 0 Å². The van der Waals surface area contributed by atoms with Gasteiger partial charge in [-0.15, -0.1) is 11.3 Å². The zero-order valence-corrected chi connectivity index (χ0v) is 9.47. The Morgan fingerprint density at radius 1 is 1.73 bits per heavy atom. The van der Waals surface area contributed by atoms with Gasteiger partial charge in [-0.1, -0.05) is 0 Å². The van der Waals surface area contributed by atoms with E-state index in [-0.39, 0.29) is 5.97 Å². The van der Waals surface area contributed by atoms with Gasteiger partial charge in [0, 0.05) is 12.5 Å². The van der Waals surface area contributed by atoms with E-state index in [0.29, 0.717) is 10.8 Å². The molecule has 0 unspecified atom stereocenters. The van der Waals surface area contributed by atoms with Crippen molar-refractivity contribution in [2.45, 2.75) is 18.8 Å². The number of nitrogens with one attached hydrogen (secondary N) is 1. The molecule has 15 heavy (non-hydrogen) atoms. The van der Waals surface area contributed by atoms with Crippen molar-refractivity contribution in [3.05, 3.63) is 16.1 Å². The molecule has 1 aliphatic heterocycles. The Balaban J connectivity index is 2.08. The fraction of sp³-hybridized carbons (Fsp3) is 0.600. The number of rotatable bonds is 2. The van der Waals surface area contributed by atoms with Crippen molar-refractivity contribution in [2.75, 3.05) is 20.2 Å². The number of aromatic nitrogens is 1. The number of hydrogen-bond donors (Lipinski definition) is 1. The van der Waals surface area contributed by atoms with Gasteiger partial charge in [0.05, 0.1) is 18.3 Å². The second-order valence-electron chi connectivity index (χ2n) is 3.60. The van der Waals surface area contributed by atoms with Crippen LogP contribution in [0.1, 0.15) is 33.4 Å². The third-order valence-corrected chi connectivity index (χ3v) is 3.70. The minimum absolute atomic E-state index is 0.289. The van der Waals surface area contributed by atoms with Crippen molar-refractivity contribution in [1.82, 2.24) is 10.3 Å². The summed E-state index contributed by atoms with van der Waals surface area (Å²) in [6.45, 7) is 2.06. The number of carbonyl (C=O) groups excluding carboxylic acids is 1. The third kappa shape index (κ3) is 2.35. The average Bonchev–Trinajstić information content (AvgIpc) is 2.78. The van der Waals surface area contributed by atoms with Gasteiger partial charge >= 0.3 is 5.97 Å². The number of carbonyl (C=O) groups is 1. The van der Waals surface area contributed by atoms with Crippen LogP contribution in [0.15, 0.2) is 6.20 Å². The summed E-state index contributed by atoms with van der Waals surface area (Å²) >= 11 is 1.45. The molecule has 2 heterocycles. The summed E-state index contributed by atoms with van der Waals surface area (Å²) in [5, 5.41) is 4.38. The summed E-state index contributed by atoms with van der Waals surface area (Å²) < 4.78 is 4.65. The van der Waals surface area contributed by atoms with Gasteiger partial charge in [-0.05, 0) is 19.4 Å². The van der Waals surface area contributed by atoms with Crippen molar-refractivity contribution < 1.29 is 9.53 Å². The van der Waals surface area contributed by atoms with Crippen LogP contribution in [0.5, 0.6) is 0 Å². The van der Waals surface area contributed by atoms with Gasteiger partial charge < -0.3 is 10.1 Å². The topological polar surface area (TPSA) is 51.2 Å². The predicted molar refractivity (Wildman–Crippen MR) is 58.3 cm³/mol. The lowest BCUT2D eigenvalue weighted by molar-refractivity contribution is 0.0606. The van der Waals surface area contributed by atoms with Crippen LogP contribution in [0.3, 0.4) is 0 Å². The molecule has 4 nitrogen and oxygen atoms in total. The smallest absolute Gasteiger partial charge is 0.349 e. The van der Waals surface area contributed by atoms with Gasteiger partial charge in [0.1, 0.15) is 4.88 Å². The quantitative estimate of drug-likeness (QED) is 0.774. The largest absolute Gasteiger partial charge is 0.465 e. The summed E-state index contributed by atoms with van der Waals surface area (Å²) in [6.07, 6.45) is 3.94. The molecule has 1 aromatic heterocycles. The van der Waals surface area contributed by atoms with Crippen LogP contribution >= 0.6 is 11.3 Å². The zero-order valence-electron chi connectivity index (χ0n) is 8.66. The van der Waals surface area contributed by atoms with Crippen molar-refractivity contribution in [1.29, 1.82) is 0 Å². The lowest BCUT2D eigenvalue weighted by atomic mass is 10.0. The van der Waals surface area contributed by atoms with Crippen molar-refractivity contribution in [3.8, 4) is 0 Å². The molecule has 0 saturated carbocycles. The minimum Gasteiger partial charge on any atom is -0.465 e. The first-order valence-electron chi connectivity index (χ1n) is 5.06. The van der Waals surface area contributed by atoms with Gasteiger partial charge in [0.15, 0.2) is 0 Å². The number of esters is 1. The summed E-state index contributed by atoms with van der Waals surface area (Å²) in [4.78, 5) is 16.1. The lowest BCUT2D eigenvalue weighted by Crippen LogP contribution is -2.28. The van der Waals surface area contributed by atoms with Gasteiger partial charge in [-0.3, -0.25) is 0 Å². The highest BCUT2D eigenvalue weighted by Gasteiger charge is 2.20. The van der Waals surface area contributed by atoms with Crippen molar-refractivity contribution in [2.24, 2.45) is 0 Å². The molecule has 1 saturated heterocycles. The van der Waals surface area contributed by atoms with E-state index in [1.54, 1.807) is 6.20 Å². The first-order valence-corrected chi connectivity index (χ1v) is 5.87. The Morgan fingerprint density at radius 3 is 3.27 bits per heavy atom. The van der Waals surface area contributed by atoms with Crippen LogP contribution in [0.2, 0.25) is 0 Å². The fourth-order valence-corrected chi connectivity index (χ4v) is 2.70. The number of ether oxygens (including phenoxy) is 1.